The lowest BCUT2D eigenvalue weighted by atomic mass is 9.95. The molecule has 1 unspecified atom stereocenters. The van der Waals surface area contributed by atoms with Crippen LogP contribution in [-0.2, 0) is 4.74 Å². The Bertz CT molecular complexity index is 173. The van der Waals surface area contributed by atoms with Crippen LogP contribution in [0.1, 0.15) is 58.8 Å². The van der Waals surface area contributed by atoms with Crippen LogP contribution in [0.3, 0.4) is 0 Å². The first kappa shape index (κ1) is 13.3. The maximum atomic E-state index is 6.42. The predicted octanol–water partition coefficient (Wildman–Crippen LogP) is 4.38. The third kappa shape index (κ3) is 4.74. The first-order valence-electron chi connectivity index (χ1n) is 6.24. The molecule has 0 spiro atoms. The largest absolute Gasteiger partial charge is 0.379 e. The van der Waals surface area contributed by atoms with Gasteiger partial charge >= 0.3 is 0 Å². The number of methoxy groups -OCH3 is 1. The molecule has 0 heterocycles. The van der Waals surface area contributed by atoms with E-state index in [-0.39, 0.29) is 5.60 Å². The molecule has 0 bridgehead atoms. The summed E-state index contributed by atoms with van der Waals surface area (Å²) < 4.78 is 5.40. The lowest BCUT2D eigenvalue weighted by Gasteiger charge is -2.24. The first-order valence-corrected chi connectivity index (χ1v) is 6.68. The van der Waals surface area contributed by atoms with Crippen LogP contribution in [0.2, 0.25) is 0 Å². The van der Waals surface area contributed by atoms with E-state index >= 15 is 0 Å². The molecule has 1 saturated carbocycles. The second kappa shape index (κ2) is 6.10. The zero-order chi connectivity index (χ0) is 11.3. The SMILES string of the molecule is COC(C)(C)CCCC(Cl)C1CCCC1. The van der Waals surface area contributed by atoms with Gasteiger partial charge in [0.1, 0.15) is 0 Å². The Morgan fingerprint density at radius 2 is 1.93 bits per heavy atom. The van der Waals surface area contributed by atoms with Gasteiger partial charge in [-0.1, -0.05) is 12.8 Å². The molecule has 0 aromatic rings. The van der Waals surface area contributed by atoms with E-state index < -0.39 is 0 Å². The molecule has 1 atom stereocenters. The van der Waals surface area contributed by atoms with Gasteiger partial charge in [0, 0.05) is 12.5 Å². The predicted molar refractivity (Wildman–Crippen MR) is 66.5 cm³/mol. The fourth-order valence-electron chi connectivity index (χ4n) is 2.38. The van der Waals surface area contributed by atoms with Gasteiger partial charge in [-0.3, -0.25) is 0 Å². The number of rotatable bonds is 6. The van der Waals surface area contributed by atoms with Crippen LogP contribution in [-0.4, -0.2) is 18.1 Å². The second-order valence-electron chi connectivity index (χ2n) is 5.42. The molecule has 0 N–H and O–H groups in total. The van der Waals surface area contributed by atoms with Gasteiger partial charge in [0.25, 0.3) is 0 Å². The molecule has 0 saturated heterocycles. The summed E-state index contributed by atoms with van der Waals surface area (Å²) in [5.41, 5.74) is 0.0201. The van der Waals surface area contributed by atoms with Crippen molar-refractivity contribution in [3.8, 4) is 0 Å². The quantitative estimate of drug-likeness (QED) is 0.618. The van der Waals surface area contributed by atoms with E-state index in [4.69, 9.17) is 16.3 Å². The van der Waals surface area contributed by atoms with Gasteiger partial charge in [-0.15, -0.1) is 11.6 Å². The van der Waals surface area contributed by atoms with Crippen LogP contribution in [0.15, 0.2) is 0 Å². The average Bonchev–Trinajstić information content (AvgIpc) is 2.70. The Kier molecular flexibility index (Phi) is 5.42. The van der Waals surface area contributed by atoms with Crippen molar-refractivity contribution in [2.24, 2.45) is 5.92 Å². The van der Waals surface area contributed by atoms with Gasteiger partial charge in [0.05, 0.1) is 5.60 Å². The molecule has 1 nitrogen and oxygen atoms in total. The zero-order valence-corrected chi connectivity index (χ0v) is 11.1. The van der Waals surface area contributed by atoms with Crippen molar-refractivity contribution in [1.29, 1.82) is 0 Å². The van der Waals surface area contributed by atoms with Crippen LogP contribution in [0.5, 0.6) is 0 Å². The summed E-state index contributed by atoms with van der Waals surface area (Å²) in [4.78, 5) is 0. The smallest absolute Gasteiger partial charge is 0.0622 e. The minimum absolute atomic E-state index is 0.0201. The molecule has 0 radical (unpaired) electrons. The Morgan fingerprint density at radius 3 is 2.47 bits per heavy atom. The fraction of sp³-hybridized carbons (Fsp3) is 1.00. The molecule has 1 fully saturated rings. The van der Waals surface area contributed by atoms with Gasteiger partial charge in [-0.25, -0.2) is 0 Å². The van der Waals surface area contributed by atoms with Crippen LogP contribution < -0.4 is 0 Å². The molecule has 1 rings (SSSR count). The molecule has 1 aliphatic rings. The van der Waals surface area contributed by atoms with Crippen molar-refractivity contribution in [2.75, 3.05) is 7.11 Å². The summed E-state index contributed by atoms with van der Waals surface area (Å²) in [6.07, 6.45) is 8.92. The normalized spacial score (nSPS) is 20.8. The van der Waals surface area contributed by atoms with E-state index in [0.717, 1.165) is 18.8 Å². The van der Waals surface area contributed by atoms with Crippen molar-refractivity contribution in [1.82, 2.24) is 0 Å². The molecule has 1 aliphatic carbocycles. The van der Waals surface area contributed by atoms with Gasteiger partial charge in [0.2, 0.25) is 0 Å². The third-order valence-electron chi connectivity index (χ3n) is 3.72. The van der Waals surface area contributed by atoms with E-state index in [0.29, 0.717) is 5.38 Å². The zero-order valence-electron chi connectivity index (χ0n) is 10.4. The minimum Gasteiger partial charge on any atom is -0.379 e. The summed E-state index contributed by atoms with van der Waals surface area (Å²) in [6.45, 7) is 4.29. The van der Waals surface area contributed by atoms with E-state index in [9.17, 15) is 0 Å². The molecule has 15 heavy (non-hydrogen) atoms. The van der Waals surface area contributed by atoms with E-state index in [2.05, 4.69) is 13.8 Å². The fourth-order valence-corrected chi connectivity index (χ4v) is 2.79. The Labute approximate surface area is 99.5 Å². The highest BCUT2D eigenvalue weighted by Gasteiger charge is 2.24. The Hall–Kier alpha value is 0.250. The van der Waals surface area contributed by atoms with Crippen molar-refractivity contribution in [3.63, 3.8) is 0 Å². The van der Waals surface area contributed by atoms with Crippen LogP contribution in [0.25, 0.3) is 0 Å². The van der Waals surface area contributed by atoms with E-state index in [1.807, 2.05) is 0 Å². The topological polar surface area (TPSA) is 9.23 Å². The summed E-state index contributed by atoms with van der Waals surface area (Å²) >= 11 is 6.42. The number of halogens is 1. The van der Waals surface area contributed by atoms with Crippen molar-refractivity contribution in [3.05, 3.63) is 0 Å². The van der Waals surface area contributed by atoms with Crippen molar-refractivity contribution in [2.45, 2.75) is 69.8 Å². The molecule has 2 heteroatoms. The number of ether oxygens (including phenoxy) is 1. The van der Waals surface area contributed by atoms with Crippen molar-refractivity contribution < 1.29 is 4.74 Å². The minimum atomic E-state index is 0.0201. The maximum Gasteiger partial charge on any atom is 0.0622 e. The average molecular weight is 233 g/mol. The summed E-state index contributed by atoms with van der Waals surface area (Å²) in [5.74, 6) is 0.789. The summed E-state index contributed by atoms with van der Waals surface area (Å²) in [6, 6.07) is 0. The molecular formula is C13H25ClO. The monoisotopic (exact) mass is 232 g/mol. The number of hydrogen-bond acceptors (Lipinski definition) is 1. The maximum absolute atomic E-state index is 6.42. The lowest BCUT2D eigenvalue weighted by Crippen LogP contribution is -2.23. The Balaban J connectivity index is 2.13. The van der Waals surface area contributed by atoms with Gasteiger partial charge in [-0.05, 0) is 51.9 Å². The van der Waals surface area contributed by atoms with Crippen LogP contribution in [0, 0.1) is 5.92 Å². The third-order valence-corrected chi connectivity index (χ3v) is 4.30. The van der Waals surface area contributed by atoms with Gasteiger partial charge in [0.15, 0.2) is 0 Å². The Morgan fingerprint density at radius 1 is 1.33 bits per heavy atom. The summed E-state index contributed by atoms with van der Waals surface area (Å²) in [7, 11) is 1.79. The standard InChI is InChI=1S/C13H25ClO/c1-13(2,15-3)10-6-9-12(14)11-7-4-5-8-11/h11-12H,4-10H2,1-3H3. The number of hydrogen-bond donors (Lipinski definition) is 0. The highest BCUT2D eigenvalue weighted by atomic mass is 35.5. The van der Waals surface area contributed by atoms with E-state index in [1.54, 1.807) is 7.11 Å². The molecular weight excluding hydrogens is 208 g/mol. The van der Waals surface area contributed by atoms with Gasteiger partial charge in [-0.2, -0.15) is 0 Å². The van der Waals surface area contributed by atoms with E-state index in [1.165, 1.54) is 32.1 Å². The highest BCUT2D eigenvalue weighted by molar-refractivity contribution is 6.20. The molecule has 0 aromatic carbocycles. The molecule has 0 aromatic heterocycles. The van der Waals surface area contributed by atoms with Crippen molar-refractivity contribution >= 4 is 11.6 Å². The first-order chi connectivity index (χ1) is 7.05. The lowest BCUT2D eigenvalue weighted by molar-refractivity contribution is 0.0133. The van der Waals surface area contributed by atoms with Crippen LogP contribution in [0.4, 0.5) is 0 Å². The number of alkyl halides is 1. The van der Waals surface area contributed by atoms with Gasteiger partial charge < -0.3 is 4.74 Å². The highest BCUT2D eigenvalue weighted by Crippen LogP contribution is 2.33. The molecule has 0 aliphatic heterocycles. The second-order valence-corrected chi connectivity index (χ2v) is 5.98. The van der Waals surface area contributed by atoms with Crippen LogP contribution >= 0.6 is 11.6 Å². The molecule has 0 amide bonds. The summed E-state index contributed by atoms with van der Waals surface area (Å²) in [5, 5.41) is 0.403. The molecule has 90 valence electrons.